The summed E-state index contributed by atoms with van der Waals surface area (Å²) in [5, 5.41) is 8.89. The van der Waals surface area contributed by atoms with Crippen LogP contribution in [0.25, 0.3) is 0 Å². The van der Waals surface area contributed by atoms with Crippen molar-refractivity contribution in [1.82, 2.24) is 15.2 Å². The Hall–Kier alpha value is -2.37. The highest BCUT2D eigenvalue weighted by molar-refractivity contribution is 5.63. The highest BCUT2D eigenvalue weighted by Crippen LogP contribution is 2.26. The van der Waals surface area contributed by atoms with Crippen molar-refractivity contribution in [3.05, 3.63) is 40.9 Å². The van der Waals surface area contributed by atoms with Crippen LogP contribution in [0.1, 0.15) is 13.3 Å². The molecule has 0 fully saturated rings. The van der Waals surface area contributed by atoms with Crippen molar-refractivity contribution in [2.45, 2.75) is 13.3 Å². The number of nitrogens with zero attached hydrogens (tertiary/aromatic N) is 2. The molecule has 6 nitrogen and oxygen atoms in total. The first-order valence-electron chi connectivity index (χ1n) is 5.70. The highest BCUT2D eigenvalue weighted by Gasteiger charge is 2.04. The average molecular weight is 246 g/mol. The Bertz CT molecular complexity index is 568. The highest BCUT2D eigenvalue weighted by atomic mass is 16.5. The predicted octanol–water partition coefficient (Wildman–Crippen LogP) is 1.70. The van der Waals surface area contributed by atoms with Gasteiger partial charge in [0, 0.05) is 0 Å². The van der Waals surface area contributed by atoms with Gasteiger partial charge in [-0.1, -0.05) is 19.1 Å². The number of aromatic nitrogens is 3. The molecule has 0 aliphatic carbocycles. The molecule has 18 heavy (non-hydrogen) atoms. The zero-order valence-electron chi connectivity index (χ0n) is 10.0. The van der Waals surface area contributed by atoms with E-state index in [9.17, 15) is 4.79 Å². The van der Waals surface area contributed by atoms with Crippen LogP contribution in [0.3, 0.4) is 0 Å². The fraction of sp³-hybridized carbons (Fsp3) is 0.250. The van der Waals surface area contributed by atoms with E-state index in [2.05, 4.69) is 20.5 Å². The molecular weight excluding hydrogens is 232 g/mol. The minimum Gasteiger partial charge on any atom is -0.491 e. The van der Waals surface area contributed by atoms with Crippen molar-refractivity contribution in [3.8, 4) is 5.75 Å². The van der Waals surface area contributed by atoms with Gasteiger partial charge in [0.15, 0.2) is 5.82 Å². The third-order valence-corrected chi connectivity index (χ3v) is 2.18. The molecule has 1 heterocycles. The summed E-state index contributed by atoms with van der Waals surface area (Å²) in [5.74, 6) is 1.10. The quantitative estimate of drug-likeness (QED) is 0.839. The van der Waals surface area contributed by atoms with E-state index in [-0.39, 0.29) is 0 Å². The van der Waals surface area contributed by atoms with E-state index < -0.39 is 5.69 Å². The Labute approximate surface area is 104 Å². The first-order chi connectivity index (χ1) is 8.79. The lowest BCUT2D eigenvalue weighted by atomic mass is 10.3. The molecule has 2 aromatic rings. The summed E-state index contributed by atoms with van der Waals surface area (Å²) in [6, 6.07) is 7.48. The van der Waals surface area contributed by atoms with Crippen LogP contribution in [0.4, 0.5) is 11.5 Å². The van der Waals surface area contributed by atoms with Crippen molar-refractivity contribution < 1.29 is 4.74 Å². The lowest BCUT2D eigenvalue weighted by Crippen LogP contribution is -2.13. The van der Waals surface area contributed by atoms with Crippen LogP contribution in [0.15, 0.2) is 35.3 Å². The number of aromatic amines is 1. The van der Waals surface area contributed by atoms with Gasteiger partial charge in [0.2, 0.25) is 0 Å². The summed E-state index contributed by atoms with van der Waals surface area (Å²) in [4.78, 5) is 14.8. The maximum atomic E-state index is 11.0. The van der Waals surface area contributed by atoms with Gasteiger partial charge < -0.3 is 10.1 Å². The molecule has 1 aromatic carbocycles. The molecule has 1 aromatic heterocycles. The monoisotopic (exact) mass is 246 g/mol. The molecule has 0 amide bonds. The summed E-state index contributed by atoms with van der Waals surface area (Å²) in [6.07, 6.45) is 2.37. The fourth-order valence-electron chi connectivity index (χ4n) is 1.42. The van der Waals surface area contributed by atoms with Crippen molar-refractivity contribution >= 4 is 11.5 Å². The Morgan fingerprint density at radius 3 is 3.00 bits per heavy atom. The second-order valence-corrected chi connectivity index (χ2v) is 3.64. The molecule has 0 unspecified atom stereocenters. The normalized spacial score (nSPS) is 10.1. The third-order valence-electron chi connectivity index (χ3n) is 2.18. The van der Waals surface area contributed by atoms with E-state index in [1.165, 1.54) is 6.20 Å². The standard InChI is InChI=1S/C12H14N4O2/c1-2-7-18-10-6-4-3-5-9(10)14-11-8-13-16-12(17)15-11/h3-6,8H,2,7H2,1H3,(H2,14,15,16,17). The van der Waals surface area contributed by atoms with E-state index >= 15 is 0 Å². The van der Waals surface area contributed by atoms with Crippen LogP contribution < -0.4 is 15.7 Å². The zero-order chi connectivity index (χ0) is 12.8. The van der Waals surface area contributed by atoms with Crippen LogP contribution in [-0.2, 0) is 0 Å². The largest absolute Gasteiger partial charge is 0.491 e. The summed E-state index contributed by atoms with van der Waals surface area (Å²) < 4.78 is 5.59. The number of hydrogen-bond acceptors (Lipinski definition) is 5. The van der Waals surface area contributed by atoms with Gasteiger partial charge >= 0.3 is 5.69 Å². The maximum Gasteiger partial charge on any atom is 0.363 e. The molecule has 94 valence electrons. The molecule has 0 aliphatic rings. The topological polar surface area (TPSA) is 79.9 Å². The van der Waals surface area contributed by atoms with Crippen molar-refractivity contribution in [3.63, 3.8) is 0 Å². The van der Waals surface area contributed by atoms with Gasteiger partial charge in [-0.3, -0.25) is 0 Å². The van der Waals surface area contributed by atoms with Gasteiger partial charge in [-0.2, -0.15) is 10.1 Å². The number of ether oxygens (including phenoxy) is 1. The second kappa shape index (κ2) is 5.81. The Morgan fingerprint density at radius 2 is 2.22 bits per heavy atom. The Balaban J connectivity index is 2.20. The molecule has 0 spiro atoms. The number of para-hydroxylation sites is 2. The molecule has 0 aliphatic heterocycles. The molecule has 6 heteroatoms. The van der Waals surface area contributed by atoms with Crippen LogP contribution >= 0.6 is 0 Å². The number of nitrogens with one attached hydrogen (secondary N) is 2. The minimum atomic E-state index is -0.494. The van der Waals surface area contributed by atoms with Crippen molar-refractivity contribution in [2.24, 2.45) is 0 Å². The molecular formula is C12H14N4O2. The van der Waals surface area contributed by atoms with Gasteiger partial charge in [-0.15, -0.1) is 0 Å². The number of benzene rings is 1. The van der Waals surface area contributed by atoms with Gasteiger partial charge in [0.1, 0.15) is 5.75 Å². The molecule has 0 bridgehead atoms. The summed E-state index contributed by atoms with van der Waals surface area (Å²) in [5.41, 5.74) is 0.262. The Morgan fingerprint density at radius 1 is 1.39 bits per heavy atom. The van der Waals surface area contributed by atoms with E-state index in [1.54, 1.807) is 0 Å². The first kappa shape index (κ1) is 12.1. The van der Waals surface area contributed by atoms with Crippen LogP contribution in [0, 0.1) is 0 Å². The Kier molecular flexibility index (Phi) is 3.90. The number of rotatable bonds is 5. The first-order valence-corrected chi connectivity index (χ1v) is 5.70. The van der Waals surface area contributed by atoms with Gasteiger partial charge in [0.25, 0.3) is 0 Å². The van der Waals surface area contributed by atoms with Gasteiger partial charge in [-0.05, 0) is 18.6 Å². The van der Waals surface area contributed by atoms with Crippen molar-refractivity contribution in [2.75, 3.05) is 11.9 Å². The van der Waals surface area contributed by atoms with E-state index in [1.807, 2.05) is 31.2 Å². The van der Waals surface area contributed by atoms with Crippen LogP contribution in [0.5, 0.6) is 5.75 Å². The molecule has 2 rings (SSSR count). The predicted molar refractivity (Wildman–Crippen MR) is 68.2 cm³/mol. The van der Waals surface area contributed by atoms with E-state index in [0.717, 1.165) is 17.9 Å². The lowest BCUT2D eigenvalue weighted by Gasteiger charge is -2.11. The fourth-order valence-corrected chi connectivity index (χ4v) is 1.42. The second-order valence-electron chi connectivity index (χ2n) is 3.64. The van der Waals surface area contributed by atoms with Crippen molar-refractivity contribution in [1.29, 1.82) is 0 Å². The van der Waals surface area contributed by atoms with Crippen LogP contribution in [-0.4, -0.2) is 21.8 Å². The molecule has 0 atom stereocenters. The minimum absolute atomic E-state index is 0.381. The lowest BCUT2D eigenvalue weighted by molar-refractivity contribution is 0.319. The zero-order valence-corrected chi connectivity index (χ0v) is 10.0. The SMILES string of the molecule is CCCOc1ccccc1Nc1cn[nH]c(=O)n1. The van der Waals surface area contributed by atoms with Crippen LogP contribution in [0.2, 0.25) is 0 Å². The summed E-state index contributed by atoms with van der Waals surface area (Å²) in [7, 11) is 0. The number of H-pyrrole nitrogens is 1. The van der Waals surface area contributed by atoms with Gasteiger partial charge in [-0.25, -0.2) is 9.89 Å². The maximum absolute atomic E-state index is 11.0. The number of anilines is 2. The summed E-state index contributed by atoms with van der Waals surface area (Å²) >= 11 is 0. The molecule has 0 saturated heterocycles. The van der Waals surface area contributed by atoms with Gasteiger partial charge in [0.05, 0.1) is 18.5 Å². The summed E-state index contributed by atoms with van der Waals surface area (Å²) in [6.45, 7) is 2.68. The molecule has 0 radical (unpaired) electrons. The molecule has 2 N–H and O–H groups in total. The molecule has 0 saturated carbocycles. The van der Waals surface area contributed by atoms with E-state index in [4.69, 9.17) is 4.74 Å². The average Bonchev–Trinajstić information content (AvgIpc) is 2.38. The smallest absolute Gasteiger partial charge is 0.363 e. The third kappa shape index (κ3) is 3.07. The number of hydrogen-bond donors (Lipinski definition) is 2. The van der Waals surface area contributed by atoms with E-state index in [0.29, 0.717) is 12.4 Å².